The summed E-state index contributed by atoms with van der Waals surface area (Å²) >= 11 is 0. The van der Waals surface area contributed by atoms with E-state index in [2.05, 4.69) is 20.5 Å². The zero-order valence-corrected chi connectivity index (χ0v) is 14.8. The van der Waals surface area contributed by atoms with Crippen molar-refractivity contribution in [3.05, 3.63) is 52.1 Å². The first kappa shape index (κ1) is 17.5. The molecule has 0 saturated carbocycles. The summed E-state index contributed by atoms with van der Waals surface area (Å²) in [5.41, 5.74) is 1.47. The first-order valence-electron chi connectivity index (χ1n) is 8.24. The lowest BCUT2D eigenvalue weighted by Gasteiger charge is -2.13. The van der Waals surface area contributed by atoms with Crippen molar-refractivity contribution < 1.29 is 10.2 Å². The lowest BCUT2D eigenvalue weighted by Crippen LogP contribution is -2.18. The van der Waals surface area contributed by atoms with E-state index in [9.17, 15) is 15.0 Å². The van der Waals surface area contributed by atoms with Gasteiger partial charge >= 0.3 is 5.69 Å². The van der Waals surface area contributed by atoms with Gasteiger partial charge in [-0.05, 0) is 29.2 Å². The second kappa shape index (κ2) is 6.91. The van der Waals surface area contributed by atoms with Crippen LogP contribution in [0, 0.1) is 0 Å². The van der Waals surface area contributed by atoms with Crippen LogP contribution in [0.3, 0.4) is 0 Å². The van der Waals surface area contributed by atoms with E-state index in [-0.39, 0.29) is 24.0 Å². The van der Waals surface area contributed by atoms with E-state index in [1.165, 1.54) is 10.6 Å². The number of aromatic amines is 1. The summed E-state index contributed by atoms with van der Waals surface area (Å²) < 4.78 is 1.42. The quantitative estimate of drug-likeness (QED) is 0.558. The number of rotatable bonds is 5. The Morgan fingerprint density at radius 3 is 2.62 bits per heavy atom. The number of nitrogens with zero attached hydrogens (tertiary/aromatic N) is 3. The highest BCUT2D eigenvalue weighted by Crippen LogP contribution is 2.36. The molecule has 4 N–H and O–H groups in total. The minimum Gasteiger partial charge on any atom is -0.508 e. The van der Waals surface area contributed by atoms with Crippen molar-refractivity contribution in [1.29, 1.82) is 0 Å². The van der Waals surface area contributed by atoms with Gasteiger partial charge in [-0.2, -0.15) is 5.10 Å². The van der Waals surface area contributed by atoms with Crippen molar-refractivity contribution in [3.63, 3.8) is 0 Å². The Balaban J connectivity index is 2.05. The molecule has 2 aromatic heterocycles. The Morgan fingerprint density at radius 2 is 2.00 bits per heavy atom. The predicted octanol–water partition coefficient (Wildman–Crippen LogP) is 2.26. The Kier molecular flexibility index (Phi) is 4.66. The fourth-order valence-corrected chi connectivity index (χ4v) is 2.75. The van der Waals surface area contributed by atoms with Crippen LogP contribution in [0.4, 0.5) is 5.82 Å². The van der Waals surface area contributed by atoms with Gasteiger partial charge in [-0.1, -0.05) is 19.9 Å². The maximum Gasteiger partial charge on any atom is 0.343 e. The van der Waals surface area contributed by atoms with E-state index in [1.54, 1.807) is 19.3 Å². The van der Waals surface area contributed by atoms with Crippen LogP contribution in [-0.4, -0.2) is 37.0 Å². The molecule has 2 heterocycles. The van der Waals surface area contributed by atoms with E-state index < -0.39 is 5.69 Å². The average molecular weight is 355 g/mol. The number of hydrogen-bond acceptors (Lipinski definition) is 6. The van der Waals surface area contributed by atoms with Crippen LogP contribution in [0.2, 0.25) is 0 Å². The zero-order chi connectivity index (χ0) is 18.8. The first-order valence-corrected chi connectivity index (χ1v) is 8.24. The summed E-state index contributed by atoms with van der Waals surface area (Å²) in [5.74, 6) is 0.943. The summed E-state index contributed by atoms with van der Waals surface area (Å²) in [6.45, 7) is 4.12. The molecule has 0 aliphatic carbocycles. The lowest BCUT2D eigenvalue weighted by molar-refractivity contribution is 0.444. The number of benzene rings is 1. The average Bonchev–Trinajstić information content (AvgIpc) is 2.96. The summed E-state index contributed by atoms with van der Waals surface area (Å²) in [4.78, 5) is 16.5. The van der Waals surface area contributed by atoms with Gasteiger partial charge in [0.25, 0.3) is 0 Å². The van der Waals surface area contributed by atoms with Crippen molar-refractivity contribution in [2.75, 3.05) is 12.4 Å². The highest BCUT2D eigenvalue weighted by atomic mass is 16.3. The molecular formula is C18H21N5O3. The maximum absolute atomic E-state index is 12.2. The van der Waals surface area contributed by atoms with Gasteiger partial charge in [0.05, 0.1) is 12.1 Å². The number of aromatic nitrogens is 4. The zero-order valence-electron chi connectivity index (χ0n) is 14.8. The number of H-pyrrole nitrogens is 1. The van der Waals surface area contributed by atoms with E-state index in [0.717, 1.165) is 11.4 Å². The van der Waals surface area contributed by atoms with Crippen LogP contribution in [0.25, 0.3) is 11.4 Å². The molecule has 26 heavy (non-hydrogen) atoms. The largest absolute Gasteiger partial charge is 0.508 e. The molecule has 0 aliphatic heterocycles. The van der Waals surface area contributed by atoms with E-state index in [0.29, 0.717) is 17.0 Å². The van der Waals surface area contributed by atoms with Crippen LogP contribution in [0.1, 0.15) is 30.9 Å². The Morgan fingerprint density at radius 1 is 1.23 bits per heavy atom. The third-order valence-corrected chi connectivity index (χ3v) is 4.19. The maximum atomic E-state index is 12.2. The Hall–Kier alpha value is -3.29. The van der Waals surface area contributed by atoms with Gasteiger partial charge in [-0.25, -0.2) is 14.9 Å². The molecule has 0 fully saturated rings. The second-order valence-electron chi connectivity index (χ2n) is 6.32. The first-order chi connectivity index (χ1) is 12.4. The summed E-state index contributed by atoms with van der Waals surface area (Å²) in [6, 6.07) is 6.61. The van der Waals surface area contributed by atoms with E-state index in [4.69, 9.17) is 0 Å². The molecule has 8 nitrogen and oxygen atoms in total. The van der Waals surface area contributed by atoms with Crippen LogP contribution in [0.15, 0.2) is 35.3 Å². The number of nitrogens with one attached hydrogen (secondary N) is 2. The summed E-state index contributed by atoms with van der Waals surface area (Å²) in [5, 5.41) is 29.7. The Bertz CT molecular complexity index is 973. The van der Waals surface area contributed by atoms with Gasteiger partial charge in [0.2, 0.25) is 0 Å². The molecule has 3 rings (SSSR count). The molecule has 1 aromatic carbocycles. The molecule has 0 spiro atoms. The molecule has 0 unspecified atom stereocenters. The molecule has 0 atom stereocenters. The molecule has 0 saturated heterocycles. The van der Waals surface area contributed by atoms with Crippen molar-refractivity contribution in [1.82, 2.24) is 19.7 Å². The minimum absolute atomic E-state index is 0.0116. The van der Waals surface area contributed by atoms with Crippen LogP contribution in [-0.2, 0) is 6.54 Å². The van der Waals surface area contributed by atoms with E-state index in [1.807, 2.05) is 26.0 Å². The topological polar surface area (TPSA) is 116 Å². The fraction of sp³-hybridized carbons (Fsp3) is 0.278. The molecule has 8 heteroatoms. The second-order valence-corrected chi connectivity index (χ2v) is 6.32. The highest BCUT2D eigenvalue weighted by molar-refractivity contribution is 5.67. The lowest BCUT2D eigenvalue weighted by atomic mass is 9.98. The normalized spacial score (nSPS) is 11.1. The van der Waals surface area contributed by atoms with Crippen molar-refractivity contribution >= 4 is 5.82 Å². The number of anilines is 1. The van der Waals surface area contributed by atoms with Gasteiger partial charge in [0.1, 0.15) is 17.3 Å². The molecule has 0 radical (unpaired) electrons. The molecule has 136 valence electrons. The van der Waals surface area contributed by atoms with E-state index >= 15 is 0 Å². The predicted molar refractivity (Wildman–Crippen MR) is 98.6 cm³/mol. The van der Waals surface area contributed by atoms with Crippen molar-refractivity contribution in [2.45, 2.75) is 26.3 Å². The number of pyridine rings is 1. The number of aromatic hydroxyl groups is 2. The number of phenolic OH excluding ortho intramolecular Hbond substituents is 2. The third kappa shape index (κ3) is 3.26. The number of hydrogen-bond donors (Lipinski definition) is 4. The van der Waals surface area contributed by atoms with Gasteiger partial charge in [-0.3, -0.25) is 4.57 Å². The minimum atomic E-state index is -0.392. The smallest absolute Gasteiger partial charge is 0.343 e. The van der Waals surface area contributed by atoms with Gasteiger partial charge in [0, 0.05) is 19.3 Å². The van der Waals surface area contributed by atoms with Crippen LogP contribution >= 0.6 is 0 Å². The molecule has 0 bridgehead atoms. The SMILES string of the molecule is CNc1ccc(Cn2c(-c3cc(C(C)C)c(O)cc3O)n[nH]c2=O)cn1. The van der Waals surface area contributed by atoms with Crippen molar-refractivity contribution in [2.24, 2.45) is 0 Å². The molecule has 0 aliphatic rings. The van der Waals surface area contributed by atoms with Crippen LogP contribution in [0.5, 0.6) is 11.5 Å². The highest BCUT2D eigenvalue weighted by Gasteiger charge is 2.18. The monoisotopic (exact) mass is 355 g/mol. The van der Waals surface area contributed by atoms with Gasteiger partial charge in [0.15, 0.2) is 5.82 Å². The van der Waals surface area contributed by atoms with Gasteiger partial charge in [-0.15, -0.1) is 0 Å². The third-order valence-electron chi connectivity index (χ3n) is 4.19. The van der Waals surface area contributed by atoms with Gasteiger partial charge < -0.3 is 15.5 Å². The number of phenols is 2. The van der Waals surface area contributed by atoms with Crippen molar-refractivity contribution in [3.8, 4) is 22.9 Å². The molecule has 3 aromatic rings. The molecular weight excluding hydrogens is 334 g/mol. The Labute approximate surface area is 150 Å². The standard InChI is InChI=1S/C18H21N5O3/c1-10(2)12-6-13(15(25)7-14(12)24)17-21-22-18(26)23(17)9-11-4-5-16(19-3)20-8-11/h4-8,10,24-25H,9H2,1-3H3,(H,19,20)(H,22,26). The molecule has 0 amide bonds. The fourth-order valence-electron chi connectivity index (χ4n) is 2.75. The summed E-state index contributed by atoms with van der Waals surface area (Å²) in [6.07, 6.45) is 1.67. The van der Waals surface area contributed by atoms with Crippen LogP contribution < -0.4 is 11.0 Å². The summed E-state index contributed by atoms with van der Waals surface area (Å²) in [7, 11) is 1.78.